The molecular weight excluding hydrogens is 304 g/mol. The van der Waals surface area contributed by atoms with E-state index in [1.165, 1.54) is 5.56 Å². The standard InChI is InChI=1S/C15H13BrN2O/c1-2-10-3-6-15(13(18)8-10)19-14-5-4-11(9-17)7-12(14)16/h3-8H,2,18H2,1H3. The fourth-order valence-electron chi connectivity index (χ4n) is 1.68. The molecule has 0 saturated heterocycles. The number of nitrogen functional groups attached to an aromatic ring is 1. The molecule has 2 rings (SSSR count). The number of nitrogens with zero attached hydrogens (tertiary/aromatic N) is 1. The molecule has 3 nitrogen and oxygen atoms in total. The van der Waals surface area contributed by atoms with Gasteiger partial charge in [0.1, 0.15) is 11.5 Å². The van der Waals surface area contributed by atoms with Crippen LogP contribution < -0.4 is 10.5 Å². The van der Waals surface area contributed by atoms with Crippen LogP contribution in [-0.2, 0) is 6.42 Å². The molecule has 0 bridgehead atoms. The van der Waals surface area contributed by atoms with Crippen molar-refractivity contribution in [2.45, 2.75) is 13.3 Å². The highest BCUT2D eigenvalue weighted by atomic mass is 79.9. The number of halogens is 1. The second kappa shape index (κ2) is 5.77. The summed E-state index contributed by atoms with van der Waals surface area (Å²) >= 11 is 3.38. The second-order valence-electron chi connectivity index (χ2n) is 4.08. The average molecular weight is 317 g/mol. The van der Waals surface area contributed by atoms with Crippen molar-refractivity contribution in [2.75, 3.05) is 5.73 Å². The fraction of sp³-hybridized carbons (Fsp3) is 0.133. The van der Waals surface area contributed by atoms with Crippen molar-refractivity contribution in [3.63, 3.8) is 0 Å². The van der Waals surface area contributed by atoms with E-state index < -0.39 is 0 Å². The topological polar surface area (TPSA) is 59.0 Å². The van der Waals surface area contributed by atoms with Crippen molar-refractivity contribution >= 4 is 21.6 Å². The predicted molar refractivity (Wildman–Crippen MR) is 79.2 cm³/mol. The van der Waals surface area contributed by atoms with E-state index >= 15 is 0 Å². The number of hydrogen-bond donors (Lipinski definition) is 1. The number of hydrogen-bond acceptors (Lipinski definition) is 3. The van der Waals surface area contributed by atoms with Crippen LogP contribution >= 0.6 is 15.9 Å². The van der Waals surface area contributed by atoms with Crippen LogP contribution in [0.2, 0.25) is 0 Å². The second-order valence-corrected chi connectivity index (χ2v) is 4.94. The van der Waals surface area contributed by atoms with Crippen LogP contribution in [0.4, 0.5) is 5.69 Å². The summed E-state index contributed by atoms with van der Waals surface area (Å²) in [5, 5.41) is 8.81. The molecule has 0 atom stereocenters. The van der Waals surface area contributed by atoms with Crippen molar-refractivity contribution in [3.8, 4) is 17.6 Å². The number of ether oxygens (including phenoxy) is 1. The molecule has 0 spiro atoms. The van der Waals surface area contributed by atoms with Gasteiger partial charge in [0.25, 0.3) is 0 Å². The maximum Gasteiger partial charge on any atom is 0.150 e. The van der Waals surface area contributed by atoms with Crippen LogP contribution in [0.5, 0.6) is 11.5 Å². The number of nitrogens with two attached hydrogens (primary N) is 1. The molecular formula is C15H13BrN2O. The molecule has 0 fully saturated rings. The van der Waals surface area contributed by atoms with E-state index in [4.69, 9.17) is 15.7 Å². The van der Waals surface area contributed by atoms with E-state index in [0.29, 0.717) is 22.7 Å². The summed E-state index contributed by atoms with van der Waals surface area (Å²) < 4.78 is 6.48. The van der Waals surface area contributed by atoms with Gasteiger partial charge in [-0.05, 0) is 58.2 Å². The third-order valence-corrected chi connectivity index (χ3v) is 3.38. The predicted octanol–water partition coefficient (Wildman–Crippen LogP) is 4.26. The van der Waals surface area contributed by atoms with Gasteiger partial charge in [-0.2, -0.15) is 5.26 Å². The molecule has 0 aliphatic heterocycles. The Bertz CT molecular complexity index is 647. The van der Waals surface area contributed by atoms with Gasteiger partial charge >= 0.3 is 0 Å². The minimum Gasteiger partial charge on any atom is -0.454 e. The molecule has 0 amide bonds. The Balaban J connectivity index is 2.29. The molecule has 0 aliphatic rings. The summed E-state index contributed by atoms with van der Waals surface area (Å²) in [6, 6.07) is 13.0. The largest absolute Gasteiger partial charge is 0.454 e. The van der Waals surface area contributed by atoms with Crippen molar-refractivity contribution in [2.24, 2.45) is 0 Å². The first kappa shape index (κ1) is 13.4. The van der Waals surface area contributed by atoms with Gasteiger partial charge < -0.3 is 10.5 Å². The maximum atomic E-state index is 8.81. The molecule has 19 heavy (non-hydrogen) atoms. The average Bonchev–Trinajstić information content (AvgIpc) is 2.42. The summed E-state index contributed by atoms with van der Waals surface area (Å²) in [6.07, 6.45) is 0.936. The zero-order valence-corrected chi connectivity index (χ0v) is 12.1. The first-order valence-corrected chi connectivity index (χ1v) is 6.69. The van der Waals surface area contributed by atoms with Gasteiger partial charge in [0.05, 0.1) is 21.8 Å². The number of nitriles is 1. The first-order valence-electron chi connectivity index (χ1n) is 5.90. The highest BCUT2D eigenvalue weighted by Gasteiger charge is 2.07. The summed E-state index contributed by atoms with van der Waals surface area (Å²) in [6.45, 7) is 2.08. The van der Waals surface area contributed by atoms with Gasteiger partial charge in [0.15, 0.2) is 0 Å². The number of benzene rings is 2. The Hall–Kier alpha value is -1.99. The van der Waals surface area contributed by atoms with Gasteiger partial charge in [0, 0.05) is 0 Å². The monoisotopic (exact) mass is 316 g/mol. The molecule has 4 heteroatoms. The first-order chi connectivity index (χ1) is 9.13. The van der Waals surface area contributed by atoms with Gasteiger partial charge in [-0.25, -0.2) is 0 Å². The SMILES string of the molecule is CCc1ccc(Oc2ccc(C#N)cc2Br)c(N)c1. The van der Waals surface area contributed by atoms with E-state index in [1.54, 1.807) is 18.2 Å². The lowest BCUT2D eigenvalue weighted by Gasteiger charge is -2.11. The lowest BCUT2D eigenvalue weighted by Crippen LogP contribution is -1.94. The summed E-state index contributed by atoms with van der Waals surface area (Å²) in [5.41, 5.74) is 8.31. The van der Waals surface area contributed by atoms with Crippen LogP contribution in [0.1, 0.15) is 18.1 Å². The molecule has 0 radical (unpaired) electrons. The van der Waals surface area contributed by atoms with Gasteiger partial charge in [-0.15, -0.1) is 0 Å². The quantitative estimate of drug-likeness (QED) is 0.861. The molecule has 96 valence electrons. The van der Waals surface area contributed by atoms with Crippen molar-refractivity contribution in [1.82, 2.24) is 0 Å². The zero-order chi connectivity index (χ0) is 13.8. The van der Waals surface area contributed by atoms with Gasteiger partial charge in [-0.1, -0.05) is 13.0 Å². The van der Waals surface area contributed by atoms with Crippen LogP contribution in [-0.4, -0.2) is 0 Å². The Labute approximate surface area is 120 Å². The maximum absolute atomic E-state index is 8.81. The van der Waals surface area contributed by atoms with Crippen LogP contribution in [0.3, 0.4) is 0 Å². The minimum atomic E-state index is 0.577. The number of aryl methyl sites for hydroxylation is 1. The molecule has 0 saturated carbocycles. The van der Waals surface area contributed by atoms with E-state index in [9.17, 15) is 0 Å². The van der Waals surface area contributed by atoms with Crippen LogP contribution in [0, 0.1) is 11.3 Å². The van der Waals surface area contributed by atoms with E-state index in [-0.39, 0.29) is 0 Å². The Morgan fingerprint density at radius 2 is 1.95 bits per heavy atom. The van der Waals surface area contributed by atoms with Gasteiger partial charge in [-0.3, -0.25) is 0 Å². The van der Waals surface area contributed by atoms with Crippen molar-refractivity contribution < 1.29 is 4.74 Å². The fourth-order valence-corrected chi connectivity index (χ4v) is 2.14. The third-order valence-electron chi connectivity index (χ3n) is 2.76. The van der Waals surface area contributed by atoms with E-state index in [0.717, 1.165) is 10.9 Å². The Morgan fingerprint density at radius 1 is 1.21 bits per heavy atom. The summed E-state index contributed by atoms with van der Waals surface area (Å²) in [4.78, 5) is 0. The minimum absolute atomic E-state index is 0.577. The van der Waals surface area contributed by atoms with Crippen LogP contribution in [0.15, 0.2) is 40.9 Å². The number of anilines is 1. The smallest absolute Gasteiger partial charge is 0.150 e. The normalized spacial score (nSPS) is 9.95. The summed E-state index contributed by atoms with van der Waals surface area (Å²) in [5.74, 6) is 1.25. The Kier molecular flexibility index (Phi) is 4.08. The van der Waals surface area contributed by atoms with Crippen LogP contribution in [0.25, 0.3) is 0 Å². The third kappa shape index (κ3) is 3.07. The molecule has 0 unspecified atom stereocenters. The van der Waals surface area contributed by atoms with E-state index in [2.05, 4.69) is 28.9 Å². The molecule has 0 aliphatic carbocycles. The van der Waals surface area contributed by atoms with E-state index in [1.807, 2.05) is 18.2 Å². The van der Waals surface area contributed by atoms with Crippen molar-refractivity contribution in [1.29, 1.82) is 5.26 Å². The molecule has 2 N–H and O–H groups in total. The highest BCUT2D eigenvalue weighted by Crippen LogP contribution is 2.33. The lowest BCUT2D eigenvalue weighted by molar-refractivity contribution is 0.482. The highest BCUT2D eigenvalue weighted by molar-refractivity contribution is 9.10. The molecule has 2 aromatic rings. The Morgan fingerprint density at radius 3 is 2.53 bits per heavy atom. The van der Waals surface area contributed by atoms with Crippen molar-refractivity contribution in [3.05, 3.63) is 52.0 Å². The lowest BCUT2D eigenvalue weighted by atomic mass is 10.1. The summed E-state index contributed by atoms with van der Waals surface area (Å²) in [7, 11) is 0. The molecule has 0 aromatic heterocycles. The molecule has 0 heterocycles. The molecule has 2 aromatic carbocycles. The zero-order valence-electron chi connectivity index (χ0n) is 10.5. The number of rotatable bonds is 3. The van der Waals surface area contributed by atoms with Gasteiger partial charge in [0.2, 0.25) is 0 Å².